The summed E-state index contributed by atoms with van der Waals surface area (Å²) < 4.78 is 0.881. The number of thiazole rings is 1. The van der Waals surface area contributed by atoms with Crippen LogP contribution in [0.2, 0.25) is 0 Å². The van der Waals surface area contributed by atoms with Crippen LogP contribution >= 0.6 is 27.3 Å². The Balaban J connectivity index is 1.88. The number of halogens is 1. The van der Waals surface area contributed by atoms with Crippen LogP contribution in [0.3, 0.4) is 0 Å². The molecule has 0 spiro atoms. The molecule has 0 saturated carbocycles. The lowest BCUT2D eigenvalue weighted by Gasteiger charge is -2.38. The summed E-state index contributed by atoms with van der Waals surface area (Å²) in [5, 5.41) is 2.70. The number of likely N-dealkylation sites (tertiary alicyclic amines) is 1. The zero-order valence-corrected chi connectivity index (χ0v) is 23.1. The van der Waals surface area contributed by atoms with Crippen LogP contribution in [0.4, 0.5) is 0 Å². The van der Waals surface area contributed by atoms with Crippen molar-refractivity contribution >= 4 is 39.5 Å². The second-order valence-corrected chi connectivity index (χ2v) is 12.5. The van der Waals surface area contributed by atoms with Gasteiger partial charge in [0.25, 0.3) is 5.91 Å². The summed E-state index contributed by atoms with van der Waals surface area (Å²) in [4.78, 5) is 42.4. The molecule has 1 aliphatic rings. The summed E-state index contributed by atoms with van der Waals surface area (Å²) in [6.45, 7) is 10.6. The summed E-state index contributed by atoms with van der Waals surface area (Å²) >= 11 is 5.17. The highest BCUT2D eigenvalue weighted by Crippen LogP contribution is 2.53. The molecule has 0 aliphatic carbocycles. The Morgan fingerprint density at radius 1 is 1.26 bits per heavy atom. The van der Waals surface area contributed by atoms with E-state index in [-0.39, 0.29) is 23.2 Å². The summed E-state index contributed by atoms with van der Waals surface area (Å²) in [5.74, 6) is -0.159. The molecule has 35 heavy (non-hydrogen) atoms. The quantitative estimate of drug-likeness (QED) is 0.332. The molecule has 1 aliphatic heterocycles. The van der Waals surface area contributed by atoms with Crippen molar-refractivity contribution in [3.05, 3.63) is 74.7 Å². The summed E-state index contributed by atoms with van der Waals surface area (Å²) in [6, 6.07) is 5.33. The van der Waals surface area contributed by atoms with Crippen LogP contribution in [0.15, 0.2) is 52.8 Å². The van der Waals surface area contributed by atoms with E-state index in [2.05, 4.69) is 65.5 Å². The van der Waals surface area contributed by atoms with Gasteiger partial charge in [0.2, 0.25) is 0 Å². The van der Waals surface area contributed by atoms with Crippen molar-refractivity contribution in [2.75, 3.05) is 0 Å². The topological polar surface area (TPSA) is 76.1 Å². The lowest BCUT2D eigenvalue weighted by molar-refractivity contribution is -0.117. The number of aldehydes is 1. The van der Waals surface area contributed by atoms with Crippen molar-refractivity contribution < 1.29 is 9.59 Å². The molecule has 1 saturated heterocycles. The highest BCUT2D eigenvalue weighted by Gasteiger charge is 2.56. The largest absolute Gasteiger partial charge is 0.316 e. The Hall–Kier alpha value is -2.45. The van der Waals surface area contributed by atoms with E-state index < -0.39 is 11.6 Å². The molecule has 8 heteroatoms. The predicted octanol–water partition coefficient (Wildman–Crippen LogP) is 6.35. The Morgan fingerprint density at radius 3 is 2.57 bits per heavy atom. The number of nitrogens with zero attached hydrogens (tertiary/aromatic N) is 4. The fraction of sp³-hybridized carbons (Fsp3) is 0.444. The van der Waals surface area contributed by atoms with Gasteiger partial charge in [-0.3, -0.25) is 14.8 Å². The molecule has 4 rings (SSSR count). The third-order valence-corrected chi connectivity index (χ3v) is 8.11. The van der Waals surface area contributed by atoms with Gasteiger partial charge in [0, 0.05) is 46.1 Å². The number of rotatable bonds is 6. The molecule has 0 bridgehead atoms. The summed E-state index contributed by atoms with van der Waals surface area (Å²) in [5.41, 5.74) is 1.38. The number of hydrogen-bond acceptors (Lipinski definition) is 6. The maximum Gasteiger partial charge on any atom is 0.255 e. The zero-order chi connectivity index (χ0) is 25.4. The van der Waals surface area contributed by atoms with Gasteiger partial charge in [-0.2, -0.15) is 0 Å². The average Bonchev–Trinajstić information content (AvgIpc) is 3.44. The lowest BCUT2D eigenvalue weighted by Crippen LogP contribution is -2.50. The molecule has 1 aromatic carbocycles. The van der Waals surface area contributed by atoms with Crippen molar-refractivity contribution in [3.63, 3.8) is 0 Å². The van der Waals surface area contributed by atoms with Gasteiger partial charge in [-0.25, -0.2) is 4.98 Å². The van der Waals surface area contributed by atoms with Crippen LogP contribution in [0.25, 0.3) is 0 Å². The molecule has 3 heterocycles. The van der Waals surface area contributed by atoms with Crippen LogP contribution in [0.1, 0.15) is 86.0 Å². The van der Waals surface area contributed by atoms with Gasteiger partial charge < -0.3 is 9.69 Å². The van der Waals surface area contributed by atoms with E-state index in [4.69, 9.17) is 0 Å². The minimum absolute atomic E-state index is 0.0707. The molecule has 1 fully saturated rings. The first-order chi connectivity index (χ1) is 16.6. The number of benzene rings is 1. The molecular weight excluding hydrogens is 524 g/mol. The number of carbonyl (C=O) groups is 2. The summed E-state index contributed by atoms with van der Waals surface area (Å²) in [7, 11) is 0. The molecule has 6 nitrogen and oxygen atoms in total. The van der Waals surface area contributed by atoms with Gasteiger partial charge in [0.1, 0.15) is 16.8 Å². The van der Waals surface area contributed by atoms with Crippen LogP contribution in [0, 0.1) is 5.92 Å². The van der Waals surface area contributed by atoms with E-state index in [1.54, 1.807) is 29.7 Å². The lowest BCUT2D eigenvalue weighted by atomic mass is 9.84. The SMILES string of the molecule is CC(C)C[C@@]1(C=O)C[C@H](c2cnccn2)[C@H](c2nccs2)N1C(=O)c1ccc(C(C)(C)C)c(Br)c1. The molecule has 3 aromatic rings. The van der Waals surface area contributed by atoms with Crippen LogP contribution in [0.5, 0.6) is 0 Å². The Kier molecular flexibility index (Phi) is 7.25. The number of amides is 1. The van der Waals surface area contributed by atoms with Gasteiger partial charge in [-0.1, -0.05) is 56.6 Å². The zero-order valence-electron chi connectivity index (χ0n) is 20.7. The van der Waals surface area contributed by atoms with Gasteiger partial charge in [-0.05, 0) is 41.9 Å². The number of aromatic nitrogens is 3. The number of carbonyl (C=O) groups excluding carboxylic acids is 2. The van der Waals surface area contributed by atoms with Gasteiger partial charge in [-0.15, -0.1) is 11.3 Å². The van der Waals surface area contributed by atoms with Gasteiger partial charge >= 0.3 is 0 Å². The van der Waals surface area contributed by atoms with Gasteiger partial charge in [0.15, 0.2) is 0 Å². The number of hydrogen-bond donors (Lipinski definition) is 0. The summed E-state index contributed by atoms with van der Waals surface area (Å²) in [6.07, 6.45) is 8.78. The third kappa shape index (κ3) is 4.96. The van der Waals surface area contributed by atoms with E-state index in [0.29, 0.717) is 18.4 Å². The first-order valence-corrected chi connectivity index (χ1v) is 13.5. The van der Waals surface area contributed by atoms with Crippen LogP contribution in [-0.2, 0) is 10.2 Å². The fourth-order valence-electron chi connectivity index (χ4n) is 5.24. The molecule has 0 N–H and O–H groups in total. The Labute approximate surface area is 219 Å². The van der Waals surface area contributed by atoms with E-state index >= 15 is 0 Å². The molecule has 3 atom stereocenters. The molecular formula is C27H31BrN4O2S. The van der Waals surface area contributed by atoms with Crippen LogP contribution < -0.4 is 0 Å². The van der Waals surface area contributed by atoms with Crippen molar-refractivity contribution in [2.45, 2.75) is 70.4 Å². The fourth-order valence-corrected chi connectivity index (χ4v) is 7.01. The Morgan fingerprint density at radius 2 is 2.03 bits per heavy atom. The monoisotopic (exact) mass is 554 g/mol. The standard InChI is InChI=1S/C27H31BrN4O2S/c1-17(2)13-27(16-33)14-19(22-15-29-8-9-30-22)23(24-31-10-11-35-24)32(27)25(34)18-6-7-20(21(28)12-18)26(3,4)5/h6-12,15-17,19,23H,13-14H2,1-5H3/t19-,23-,27+/m1/s1. The first kappa shape index (κ1) is 25.6. The Bertz CT molecular complexity index is 1190. The van der Waals surface area contributed by atoms with Crippen molar-refractivity contribution in [2.24, 2.45) is 5.92 Å². The predicted molar refractivity (Wildman–Crippen MR) is 142 cm³/mol. The molecule has 184 valence electrons. The first-order valence-electron chi connectivity index (χ1n) is 11.8. The minimum atomic E-state index is -0.973. The van der Waals surface area contributed by atoms with Crippen molar-refractivity contribution in [3.8, 4) is 0 Å². The second kappa shape index (κ2) is 9.90. The van der Waals surface area contributed by atoms with Gasteiger partial charge in [0.05, 0.1) is 11.7 Å². The van der Waals surface area contributed by atoms with E-state index in [0.717, 1.165) is 27.0 Å². The normalized spacial score (nSPS) is 22.5. The minimum Gasteiger partial charge on any atom is -0.316 e. The van der Waals surface area contributed by atoms with Crippen LogP contribution in [-0.4, -0.2) is 37.6 Å². The smallest absolute Gasteiger partial charge is 0.255 e. The molecule has 2 aromatic heterocycles. The maximum absolute atomic E-state index is 14.3. The highest BCUT2D eigenvalue weighted by molar-refractivity contribution is 9.10. The second-order valence-electron chi connectivity index (χ2n) is 10.7. The molecule has 0 radical (unpaired) electrons. The maximum atomic E-state index is 14.3. The van der Waals surface area contributed by atoms with E-state index in [1.807, 2.05) is 23.6 Å². The highest BCUT2D eigenvalue weighted by atomic mass is 79.9. The molecule has 1 amide bonds. The van der Waals surface area contributed by atoms with E-state index in [1.165, 1.54) is 11.3 Å². The van der Waals surface area contributed by atoms with Crippen molar-refractivity contribution in [1.29, 1.82) is 0 Å². The average molecular weight is 556 g/mol. The van der Waals surface area contributed by atoms with Crippen molar-refractivity contribution in [1.82, 2.24) is 19.9 Å². The van der Waals surface area contributed by atoms with E-state index in [9.17, 15) is 9.59 Å². The third-order valence-electron chi connectivity index (χ3n) is 6.60. The molecule has 0 unspecified atom stereocenters.